The summed E-state index contributed by atoms with van der Waals surface area (Å²) in [5.41, 5.74) is 0.892. The third-order valence-electron chi connectivity index (χ3n) is 4.60. The Labute approximate surface area is 172 Å². The summed E-state index contributed by atoms with van der Waals surface area (Å²) in [6.45, 7) is 7.56. The summed E-state index contributed by atoms with van der Waals surface area (Å²) in [6.07, 6.45) is 6.88. The molecule has 0 bridgehead atoms. The number of hydrogen-bond acceptors (Lipinski definition) is 6. The van der Waals surface area contributed by atoms with Crippen LogP contribution in [0.4, 0.5) is 5.95 Å². The smallest absolute Gasteiger partial charge is 0.246 e. The van der Waals surface area contributed by atoms with Gasteiger partial charge >= 0.3 is 0 Å². The van der Waals surface area contributed by atoms with Crippen molar-refractivity contribution in [3.05, 3.63) is 48.3 Å². The molecule has 1 aliphatic heterocycles. The molecule has 7 nitrogen and oxygen atoms in total. The zero-order chi connectivity index (χ0) is 20.6. The molecule has 0 N–H and O–H groups in total. The average molecular weight is 396 g/mol. The SMILES string of the molecule is COc1cc(/C=C/C(=O)N2CCN(c3ncccn3)CC2)ccc1OCC(C)C. The molecule has 1 aliphatic rings. The molecule has 7 heteroatoms. The summed E-state index contributed by atoms with van der Waals surface area (Å²) >= 11 is 0. The second-order valence-electron chi connectivity index (χ2n) is 7.31. The Balaban J connectivity index is 1.56. The Bertz CT molecular complexity index is 831. The zero-order valence-electron chi connectivity index (χ0n) is 17.2. The lowest BCUT2D eigenvalue weighted by atomic mass is 10.1. The predicted molar refractivity (Wildman–Crippen MR) is 113 cm³/mol. The number of rotatable bonds is 7. The number of methoxy groups -OCH3 is 1. The number of benzene rings is 1. The number of ether oxygens (including phenoxy) is 2. The van der Waals surface area contributed by atoms with E-state index in [2.05, 4.69) is 28.7 Å². The molecule has 1 saturated heterocycles. The molecule has 1 amide bonds. The molecule has 1 fully saturated rings. The van der Waals surface area contributed by atoms with Gasteiger partial charge < -0.3 is 19.3 Å². The molecule has 3 rings (SSSR count). The molecule has 2 heterocycles. The highest BCUT2D eigenvalue weighted by Crippen LogP contribution is 2.29. The number of piperazine rings is 1. The van der Waals surface area contributed by atoms with Crippen molar-refractivity contribution in [2.45, 2.75) is 13.8 Å². The van der Waals surface area contributed by atoms with Crippen LogP contribution in [0.2, 0.25) is 0 Å². The molecular weight excluding hydrogens is 368 g/mol. The van der Waals surface area contributed by atoms with E-state index in [4.69, 9.17) is 9.47 Å². The minimum Gasteiger partial charge on any atom is -0.493 e. The highest BCUT2D eigenvalue weighted by molar-refractivity contribution is 5.92. The maximum absolute atomic E-state index is 12.5. The van der Waals surface area contributed by atoms with E-state index >= 15 is 0 Å². The van der Waals surface area contributed by atoms with Crippen LogP contribution in [0.5, 0.6) is 11.5 Å². The quantitative estimate of drug-likeness (QED) is 0.671. The van der Waals surface area contributed by atoms with Crippen molar-refractivity contribution in [1.29, 1.82) is 0 Å². The van der Waals surface area contributed by atoms with Crippen LogP contribution in [-0.4, -0.2) is 60.7 Å². The molecule has 0 radical (unpaired) electrons. The van der Waals surface area contributed by atoms with E-state index in [9.17, 15) is 4.79 Å². The molecule has 0 aliphatic carbocycles. The van der Waals surface area contributed by atoms with E-state index in [1.807, 2.05) is 29.2 Å². The van der Waals surface area contributed by atoms with E-state index in [0.717, 1.165) is 18.7 Å². The maximum atomic E-state index is 12.5. The van der Waals surface area contributed by atoms with Gasteiger partial charge in [-0.2, -0.15) is 0 Å². The van der Waals surface area contributed by atoms with E-state index in [-0.39, 0.29) is 5.91 Å². The molecule has 0 atom stereocenters. The van der Waals surface area contributed by atoms with Crippen LogP contribution in [0.1, 0.15) is 19.4 Å². The number of carbonyl (C=O) groups is 1. The van der Waals surface area contributed by atoms with Gasteiger partial charge in [-0.25, -0.2) is 9.97 Å². The summed E-state index contributed by atoms with van der Waals surface area (Å²) in [4.78, 5) is 25.0. The van der Waals surface area contributed by atoms with Crippen molar-refractivity contribution < 1.29 is 14.3 Å². The number of amides is 1. The van der Waals surface area contributed by atoms with Crippen molar-refractivity contribution >= 4 is 17.9 Å². The second kappa shape index (κ2) is 9.91. The van der Waals surface area contributed by atoms with Gasteiger partial charge in [-0.1, -0.05) is 19.9 Å². The monoisotopic (exact) mass is 396 g/mol. The molecule has 154 valence electrons. The third-order valence-corrected chi connectivity index (χ3v) is 4.60. The van der Waals surface area contributed by atoms with Crippen molar-refractivity contribution in [3.63, 3.8) is 0 Å². The van der Waals surface area contributed by atoms with Gasteiger partial charge in [0.05, 0.1) is 13.7 Å². The molecule has 1 aromatic heterocycles. The number of hydrogen-bond donors (Lipinski definition) is 0. The Hall–Kier alpha value is -3.09. The normalized spacial score (nSPS) is 14.5. The van der Waals surface area contributed by atoms with Gasteiger partial charge in [-0.05, 0) is 35.8 Å². The molecule has 29 heavy (non-hydrogen) atoms. The molecule has 1 aromatic carbocycles. The third kappa shape index (κ3) is 5.70. The van der Waals surface area contributed by atoms with Crippen molar-refractivity contribution in [1.82, 2.24) is 14.9 Å². The minimum absolute atomic E-state index is 0.00210. The largest absolute Gasteiger partial charge is 0.493 e. The summed E-state index contributed by atoms with van der Waals surface area (Å²) in [5.74, 6) is 2.52. The van der Waals surface area contributed by atoms with Gasteiger partial charge in [0.1, 0.15) is 0 Å². The van der Waals surface area contributed by atoms with Crippen LogP contribution in [-0.2, 0) is 4.79 Å². The van der Waals surface area contributed by atoms with Crippen molar-refractivity contribution in [2.75, 3.05) is 44.8 Å². The van der Waals surface area contributed by atoms with E-state index in [1.165, 1.54) is 0 Å². The molecule has 0 saturated carbocycles. The van der Waals surface area contributed by atoms with E-state index < -0.39 is 0 Å². The van der Waals surface area contributed by atoms with Crippen LogP contribution < -0.4 is 14.4 Å². The topological polar surface area (TPSA) is 67.8 Å². The van der Waals surface area contributed by atoms with Crippen LogP contribution >= 0.6 is 0 Å². The minimum atomic E-state index is -0.00210. The maximum Gasteiger partial charge on any atom is 0.246 e. The van der Waals surface area contributed by atoms with Gasteiger partial charge in [-0.15, -0.1) is 0 Å². The fourth-order valence-corrected chi connectivity index (χ4v) is 3.02. The van der Waals surface area contributed by atoms with Gasteiger partial charge in [0, 0.05) is 44.6 Å². The van der Waals surface area contributed by atoms with E-state index in [0.29, 0.717) is 43.1 Å². The number of aromatic nitrogens is 2. The summed E-state index contributed by atoms with van der Waals surface area (Å²) < 4.78 is 11.2. The lowest BCUT2D eigenvalue weighted by Crippen LogP contribution is -2.48. The zero-order valence-corrected chi connectivity index (χ0v) is 17.2. The van der Waals surface area contributed by atoms with Crippen LogP contribution in [0.25, 0.3) is 6.08 Å². The first-order chi connectivity index (χ1) is 14.1. The van der Waals surface area contributed by atoms with Crippen molar-refractivity contribution in [2.24, 2.45) is 5.92 Å². The summed E-state index contributed by atoms with van der Waals surface area (Å²) in [5, 5.41) is 0. The lowest BCUT2D eigenvalue weighted by Gasteiger charge is -2.34. The van der Waals surface area contributed by atoms with Gasteiger partial charge in [0.25, 0.3) is 0 Å². The number of carbonyl (C=O) groups excluding carboxylic acids is 1. The van der Waals surface area contributed by atoms with Crippen LogP contribution in [0.15, 0.2) is 42.7 Å². The highest BCUT2D eigenvalue weighted by atomic mass is 16.5. The predicted octanol–water partition coefficient (Wildman–Crippen LogP) is 2.88. The Morgan fingerprint density at radius 2 is 1.86 bits per heavy atom. The van der Waals surface area contributed by atoms with Crippen molar-refractivity contribution in [3.8, 4) is 11.5 Å². The molecule has 0 unspecified atom stereocenters. The standard InChI is InChI=1S/C22H28N4O3/c1-17(2)16-29-19-7-5-18(15-20(19)28-3)6-8-21(27)25-11-13-26(14-12-25)22-23-9-4-10-24-22/h4-10,15,17H,11-14,16H2,1-3H3/b8-6+. The van der Waals surface area contributed by atoms with Crippen LogP contribution in [0, 0.1) is 5.92 Å². The lowest BCUT2D eigenvalue weighted by molar-refractivity contribution is -0.126. The first kappa shape index (κ1) is 20.6. The molecule has 0 spiro atoms. The molecule has 2 aromatic rings. The number of anilines is 1. The van der Waals surface area contributed by atoms with Crippen LogP contribution in [0.3, 0.4) is 0 Å². The second-order valence-corrected chi connectivity index (χ2v) is 7.31. The number of nitrogens with zero attached hydrogens (tertiary/aromatic N) is 4. The summed E-state index contributed by atoms with van der Waals surface area (Å²) in [7, 11) is 1.62. The van der Waals surface area contributed by atoms with Gasteiger partial charge in [0.2, 0.25) is 11.9 Å². The van der Waals surface area contributed by atoms with E-state index in [1.54, 1.807) is 31.6 Å². The Morgan fingerprint density at radius 3 is 2.52 bits per heavy atom. The Kier molecular flexibility index (Phi) is 7.05. The molecular formula is C22H28N4O3. The summed E-state index contributed by atoms with van der Waals surface area (Å²) in [6, 6.07) is 7.48. The van der Waals surface area contributed by atoms with Gasteiger partial charge in [-0.3, -0.25) is 4.79 Å². The fraction of sp³-hybridized carbons (Fsp3) is 0.409. The Morgan fingerprint density at radius 1 is 1.14 bits per heavy atom. The highest BCUT2D eigenvalue weighted by Gasteiger charge is 2.21. The first-order valence-corrected chi connectivity index (χ1v) is 9.86. The first-order valence-electron chi connectivity index (χ1n) is 9.86. The fourth-order valence-electron chi connectivity index (χ4n) is 3.02. The van der Waals surface area contributed by atoms with Gasteiger partial charge in [0.15, 0.2) is 11.5 Å². The average Bonchev–Trinajstić information content (AvgIpc) is 2.77.